The van der Waals surface area contributed by atoms with E-state index in [1.54, 1.807) is 30.3 Å². The molecule has 0 radical (unpaired) electrons. The van der Waals surface area contributed by atoms with Gasteiger partial charge in [0.1, 0.15) is 0 Å². The fourth-order valence-electron chi connectivity index (χ4n) is 4.93. The number of hydrogen-bond donors (Lipinski definition) is 1. The van der Waals surface area contributed by atoms with E-state index >= 15 is 0 Å². The Kier molecular flexibility index (Phi) is 5.81. The number of carbonyl (C=O) groups is 3. The standard InChI is InChI=1S/C24H19ClN4O6/c25-17-8-13(11-26-28-23(31)20-14-6-7-15(10-14)21(20)24(28)32)9-18(29(33)34)22(17)35-12-19(30)27-16-4-2-1-3-5-16/h1-9,11,14-15,20-21H,10,12H2,(H,27,30)/t14-,15-,20-,21+/m0/s1. The van der Waals surface area contributed by atoms with Crippen LogP contribution in [0.25, 0.3) is 0 Å². The number of rotatable bonds is 7. The smallest absolute Gasteiger partial charge is 0.313 e. The number of nitro benzene ring substituents is 1. The Labute approximate surface area is 204 Å². The van der Waals surface area contributed by atoms with Crippen molar-refractivity contribution in [3.63, 3.8) is 0 Å². The van der Waals surface area contributed by atoms with Crippen molar-refractivity contribution in [3.05, 3.63) is 75.3 Å². The summed E-state index contributed by atoms with van der Waals surface area (Å²) in [5.74, 6) is -2.22. The van der Waals surface area contributed by atoms with Crippen molar-refractivity contribution >= 4 is 46.9 Å². The Balaban J connectivity index is 1.31. The number of para-hydroxylation sites is 1. The molecule has 1 saturated carbocycles. The second-order valence-electron chi connectivity index (χ2n) is 8.54. The van der Waals surface area contributed by atoms with Gasteiger partial charge in [-0.25, -0.2) is 0 Å². The molecule has 0 unspecified atom stereocenters. The summed E-state index contributed by atoms with van der Waals surface area (Å²) in [5.41, 5.74) is 0.262. The first-order valence-electron chi connectivity index (χ1n) is 10.9. The van der Waals surface area contributed by atoms with Gasteiger partial charge in [0.2, 0.25) is 5.75 Å². The van der Waals surface area contributed by atoms with Crippen LogP contribution in [0.2, 0.25) is 5.02 Å². The van der Waals surface area contributed by atoms with Gasteiger partial charge in [-0.2, -0.15) is 10.1 Å². The first-order chi connectivity index (χ1) is 16.8. The number of hydrazone groups is 1. The highest BCUT2D eigenvalue weighted by Crippen LogP contribution is 2.52. The molecule has 2 aliphatic carbocycles. The van der Waals surface area contributed by atoms with Crippen LogP contribution in [0.1, 0.15) is 12.0 Å². The maximum atomic E-state index is 12.8. The molecule has 1 saturated heterocycles. The zero-order valence-electron chi connectivity index (χ0n) is 18.2. The zero-order chi connectivity index (χ0) is 24.7. The van der Waals surface area contributed by atoms with E-state index in [2.05, 4.69) is 10.4 Å². The van der Waals surface area contributed by atoms with Crippen molar-refractivity contribution in [1.82, 2.24) is 5.01 Å². The summed E-state index contributed by atoms with van der Waals surface area (Å²) in [5, 5.41) is 19.0. The van der Waals surface area contributed by atoms with Gasteiger partial charge in [0.25, 0.3) is 17.7 Å². The monoisotopic (exact) mass is 494 g/mol. The number of ether oxygens (including phenoxy) is 1. The third kappa shape index (κ3) is 4.17. The summed E-state index contributed by atoms with van der Waals surface area (Å²) in [6.07, 6.45) is 5.94. The number of carbonyl (C=O) groups excluding carboxylic acids is 3. The molecule has 11 heteroatoms. The Bertz CT molecular complexity index is 1260. The van der Waals surface area contributed by atoms with E-state index in [0.717, 1.165) is 17.5 Å². The van der Waals surface area contributed by atoms with Crippen LogP contribution in [-0.4, -0.2) is 40.5 Å². The second-order valence-corrected chi connectivity index (χ2v) is 8.95. The summed E-state index contributed by atoms with van der Waals surface area (Å²) < 4.78 is 5.36. The van der Waals surface area contributed by atoms with Gasteiger partial charge in [0, 0.05) is 17.3 Å². The van der Waals surface area contributed by atoms with E-state index in [4.69, 9.17) is 16.3 Å². The van der Waals surface area contributed by atoms with E-state index in [0.29, 0.717) is 5.69 Å². The number of allylic oxidation sites excluding steroid dienone is 2. The summed E-state index contributed by atoms with van der Waals surface area (Å²) in [7, 11) is 0. The van der Waals surface area contributed by atoms with Crippen molar-refractivity contribution in [2.75, 3.05) is 11.9 Å². The minimum absolute atomic E-state index is 0.0488. The van der Waals surface area contributed by atoms with E-state index in [1.807, 2.05) is 12.2 Å². The van der Waals surface area contributed by atoms with Gasteiger partial charge in [-0.3, -0.25) is 24.5 Å². The summed E-state index contributed by atoms with van der Waals surface area (Å²) >= 11 is 6.22. The number of nitrogens with zero attached hydrogens (tertiary/aromatic N) is 3. The molecule has 1 heterocycles. The minimum Gasteiger partial charge on any atom is -0.476 e. The summed E-state index contributed by atoms with van der Waals surface area (Å²) in [6.45, 7) is -0.501. The van der Waals surface area contributed by atoms with Crippen molar-refractivity contribution in [3.8, 4) is 5.75 Å². The number of amides is 3. The average molecular weight is 495 g/mol. The molecule has 0 aromatic heterocycles. The molecule has 1 N–H and O–H groups in total. The Morgan fingerprint density at radius 2 is 1.83 bits per heavy atom. The Morgan fingerprint density at radius 1 is 1.17 bits per heavy atom. The molecule has 1 aliphatic heterocycles. The molecular formula is C24H19ClN4O6. The predicted octanol–water partition coefficient (Wildman–Crippen LogP) is 3.41. The van der Waals surface area contributed by atoms with Crippen molar-refractivity contribution in [2.45, 2.75) is 6.42 Å². The summed E-state index contributed by atoms with van der Waals surface area (Å²) in [4.78, 5) is 48.6. The molecule has 3 amide bonds. The molecule has 2 aromatic rings. The largest absolute Gasteiger partial charge is 0.476 e. The maximum Gasteiger partial charge on any atom is 0.313 e. The third-order valence-electron chi connectivity index (χ3n) is 6.42. The molecule has 2 aromatic carbocycles. The van der Waals surface area contributed by atoms with Crippen molar-refractivity contribution in [2.24, 2.45) is 28.8 Å². The third-order valence-corrected chi connectivity index (χ3v) is 6.70. The SMILES string of the molecule is O=C(COc1c(Cl)cc(C=NN2C(=O)[C@@H]3[C@H](C2=O)[C@H]2C=C[C@H]3C2)cc1[N+](=O)[O-])Nc1ccccc1. The van der Waals surface area contributed by atoms with E-state index in [-0.39, 0.29) is 40.0 Å². The zero-order valence-corrected chi connectivity index (χ0v) is 18.9. The lowest BCUT2D eigenvalue weighted by atomic mass is 9.85. The van der Waals surface area contributed by atoms with Crippen LogP contribution in [0.4, 0.5) is 11.4 Å². The molecule has 10 nitrogen and oxygen atoms in total. The van der Waals surface area contributed by atoms with Gasteiger partial charge in [-0.1, -0.05) is 42.0 Å². The van der Waals surface area contributed by atoms with Crippen molar-refractivity contribution < 1.29 is 24.0 Å². The molecular weight excluding hydrogens is 476 g/mol. The number of halogens is 1. The van der Waals surface area contributed by atoms with E-state index in [1.165, 1.54) is 12.3 Å². The molecule has 5 rings (SSSR count). The predicted molar refractivity (Wildman–Crippen MR) is 126 cm³/mol. The van der Waals surface area contributed by atoms with E-state index in [9.17, 15) is 24.5 Å². The van der Waals surface area contributed by atoms with Crippen LogP contribution >= 0.6 is 11.6 Å². The highest BCUT2D eigenvalue weighted by atomic mass is 35.5. The fourth-order valence-corrected chi connectivity index (χ4v) is 5.21. The normalized spacial score (nSPS) is 24.3. The highest BCUT2D eigenvalue weighted by molar-refractivity contribution is 6.32. The van der Waals surface area contributed by atoms with Crippen LogP contribution < -0.4 is 10.1 Å². The number of fused-ring (bicyclic) bond motifs is 5. The quantitative estimate of drug-likeness (QED) is 0.206. The first-order valence-corrected chi connectivity index (χ1v) is 11.3. The molecule has 35 heavy (non-hydrogen) atoms. The van der Waals surface area contributed by atoms with Crippen LogP contribution in [0.5, 0.6) is 5.75 Å². The molecule has 4 atom stereocenters. The minimum atomic E-state index is -0.701. The van der Waals surface area contributed by atoms with Gasteiger partial charge in [0.05, 0.1) is 28.0 Å². The number of nitrogens with one attached hydrogen (secondary N) is 1. The first kappa shape index (κ1) is 22.7. The fraction of sp³-hybridized carbons (Fsp3) is 0.250. The van der Waals surface area contributed by atoms with E-state index < -0.39 is 35.0 Å². The van der Waals surface area contributed by atoms with Crippen LogP contribution in [-0.2, 0) is 14.4 Å². The lowest BCUT2D eigenvalue weighted by Crippen LogP contribution is -2.28. The number of anilines is 1. The van der Waals surface area contributed by atoms with Gasteiger partial charge in [0.15, 0.2) is 6.61 Å². The van der Waals surface area contributed by atoms with Gasteiger partial charge >= 0.3 is 5.69 Å². The average Bonchev–Trinajstić information content (AvgIpc) is 3.51. The molecule has 2 fully saturated rings. The summed E-state index contributed by atoms with van der Waals surface area (Å²) in [6, 6.07) is 11.2. The number of benzene rings is 2. The molecule has 178 valence electrons. The van der Waals surface area contributed by atoms with Gasteiger partial charge in [-0.05, 0) is 36.5 Å². The number of imide groups is 1. The van der Waals surface area contributed by atoms with Crippen molar-refractivity contribution in [1.29, 1.82) is 0 Å². The van der Waals surface area contributed by atoms with Crippen LogP contribution in [0, 0.1) is 33.8 Å². The second kappa shape index (κ2) is 8.95. The molecule has 3 aliphatic rings. The number of nitro groups is 1. The molecule has 0 spiro atoms. The highest BCUT2D eigenvalue weighted by Gasteiger charge is 2.59. The van der Waals surface area contributed by atoms with Gasteiger partial charge < -0.3 is 10.1 Å². The Hall–Kier alpha value is -4.05. The van der Waals surface area contributed by atoms with Crippen LogP contribution in [0.3, 0.4) is 0 Å². The lowest BCUT2D eigenvalue weighted by Gasteiger charge is -2.13. The van der Waals surface area contributed by atoms with Gasteiger partial charge in [-0.15, -0.1) is 0 Å². The maximum absolute atomic E-state index is 12.8. The van der Waals surface area contributed by atoms with Crippen LogP contribution in [0.15, 0.2) is 59.7 Å². The molecule has 2 bridgehead atoms. The lowest BCUT2D eigenvalue weighted by molar-refractivity contribution is -0.385. The topological polar surface area (TPSA) is 131 Å². The number of hydrogen-bond acceptors (Lipinski definition) is 7. The Morgan fingerprint density at radius 3 is 2.46 bits per heavy atom.